The molecule has 0 aromatic heterocycles. The van der Waals surface area contributed by atoms with Gasteiger partial charge in [0.1, 0.15) is 0 Å². The zero-order chi connectivity index (χ0) is 11.2. The molecule has 0 aliphatic rings. The first-order valence-electron chi connectivity index (χ1n) is 4.39. The fraction of sp³-hybridized carbons (Fsp3) is 0.667. The number of nitrogens with two attached hydrogens (primary N) is 1. The number of aliphatic hydroxyl groups excluding tert-OH is 2. The Morgan fingerprint density at radius 1 is 1.64 bits per heavy atom. The van der Waals surface area contributed by atoms with Gasteiger partial charge in [0.25, 0.3) is 0 Å². The van der Waals surface area contributed by atoms with E-state index in [0.29, 0.717) is 6.42 Å². The number of carbonyl (C=O) groups is 1. The zero-order valence-electron chi connectivity index (χ0n) is 8.36. The van der Waals surface area contributed by atoms with Crippen molar-refractivity contribution in [2.45, 2.75) is 24.9 Å². The summed E-state index contributed by atoms with van der Waals surface area (Å²) in [6.45, 7) is 4.32. The molecule has 0 saturated heterocycles. The molecule has 0 radical (unpaired) electrons. The Labute approximate surface area is 83.6 Å². The Hall–Kier alpha value is -0.910. The van der Waals surface area contributed by atoms with Gasteiger partial charge >= 0.3 is 0 Å². The summed E-state index contributed by atoms with van der Waals surface area (Å²) in [5.74, 6) is -0.407. The van der Waals surface area contributed by atoms with Crippen LogP contribution in [0.5, 0.6) is 0 Å². The predicted octanol–water partition coefficient (Wildman–Crippen LogP) is -1.25. The van der Waals surface area contributed by atoms with Crippen LogP contribution in [0.1, 0.15) is 13.3 Å². The third-order valence-corrected chi connectivity index (χ3v) is 1.88. The summed E-state index contributed by atoms with van der Waals surface area (Å²) in [5.41, 5.74) is 4.48. The van der Waals surface area contributed by atoms with E-state index in [4.69, 9.17) is 15.9 Å². The minimum atomic E-state index is -1.02. The molecule has 5 heteroatoms. The average Bonchev–Trinajstić information content (AvgIpc) is 2.18. The number of aliphatic hydroxyl groups is 2. The monoisotopic (exact) mass is 202 g/mol. The molecule has 0 saturated carbocycles. The van der Waals surface area contributed by atoms with Gasteiger partial charge in [0, 0.05) is 0 Å². The lowest BCUT2D eigenvalue weighted by molar-refractivity contribution is -0.125. The smallest absolute Gasteiger partial charge is 0.237 e. The van der Waals surface area contributed by atoms with Crippen molar-refractivity contribution in [1.82, 2.24) is 5.32 Å². The van der Waals surface area contributed by atoms with Gasteiger partial charge in [-0.15, -0.1) is 6.58 Å². The molecule has 0 fully saturated rings. The van der Waals surface area contributed by atoms with Crippen LogP contribution in [-0.2, 0) is 4.79 Å². The Bertz CT molecular complexity index is 202. The molecular weight excluding hydrogens is 184 g/mol. The minimum Gasteiger partial charge on any atom is -0.394 e. The van der Waals surface area contributed by atoms with E-state index in [1.807, 2.05) is 0 Å². The summed E-state index contributed by atoms with van der Waals surface area (Å²) in [5, 5.41) is 20.3. The van der Waals surface area contributed by atoms with E-state index in [1.165, 1.54) is 6.92 Å². The van der Waals surface area contributed by atoms with Crippen molar-refractivity contribution in [2.75, 3.05) is 13.2 Å². The first kappa shape index (κ1) is 13.1. The molecule has 82 valence electrons. The van der Waals surface area contributed by atoms with Crippen LogP contribution in [0.15, 0.2) is 12.7 Å². The highest BCUT2D eigenvalue weighted by Crippen LogP contribution is 2.01. The van der Waals surface area contributed by atoms with Crippen molar-refractivity contribution in [3.05, 3.63) is 12.7 Å². The zero-order valence-corrected chi connectivity index (χ0v) is 8.36. The second-order valence-corrected chi connectivity index (χ2v) is 3.50. The molecule has 1 unspecified atom stereocenters. The van der Waals surface area contributed by atoms with Crippen molar-refractivity contribution < 1.29 is 15.0 Å². The van der Waals surface area contributed by atoms with Gasteiger partial charge in [0.05, 0.1) is 24.8 Å². The lowest BCUT2D eigenvalue weighted by Gasteiger charge is -2.27. The van der Waals surface area contributed by atoms with Crippen LogP contribution < -0.4 is 11.1 Å². The quantitative estimate of drug-likeness (QED) is 0.405. The molecule has 0 rings (SSSR count). The first-order valence-corrected chi connectivity index (χ1v) is 4.39. The molecule has 0 aromatic carbocycles. The van der Waals surface area contributed by atoms with Crippen LogP contribution in [0.4, 0.5) is 0 Å². The van der Waals surface area contributed by atoms with Gasteiger partial charge in [0.2, 0.25) is 5.91 Å². The molecule has 5 nitrogen and oxygen atoms in total. The molecular formula is C9H18N2O3. The van der Waals surface area contributed by atoms with Gasteiger partial charge in [0.15, 0.2) is 0 Å². The summed E-state index contributed by atoms with van der Waals surface area (Å²) in [4.78, 5) is 11.4. The topological polar surface area (TPSA) is 95.6 Å². The Balaban J connectivity index is 4.22. The summed E-state index contributed by atoms with van der Waals surface area (Å²) in [7, 11) is 0. The van der Waals surface area contributed by atoms with Crippen LogP contribution in [0.3, 0.4) is 0 Å². The first-order chi connectivity index (χ1) is 6.49. The molecule has 0 heterocycles. The van der Waals surface area contributed by atoms with Gasteiger partial charge in [-0.2, -0.15) is 0 Å². The summed E-state index contributed by atoms with van der Waals surface area (Å²) < 4.78 is 0. The molecule has 5 N–H and O–H groups in total. The maximum Gasteiger partial charge on any atom is 0.237 e. The third-order valence-electron chi connectivity index (χ3n) is 1.88. The van der Waals surface area contributed by atoms with Gasteiger partial charge < -0.3 is 21.3 Å². The van der Waals surface area contributed by atoms with Gasteiger partial charge in [-0.3, -0.25) is 4.79 Å². The molecule has 0 bridgehead atoms. The van der Waals surface area contributed by atoms with Crippen LogP contribution >= 0.6 is 0 Å². The molecule has 1 amide bonds. The van der Waals surface area contributed by atoms with E-state index in [2.05, 4.69) is 11.9 Å². The number of rotatable bonds is 6. The number of hydrogen-bond donors (Lipinski definition) is 4. The lowest BCUT2D eigenvalue weighted by Crippen LogP contribution is -2.56. The van der Waals surface area contributed by atoms with E-state index in [1.54, 1.807) is 6.08 Å². The van der Waals surface area contributed by atoms with Crippen molar-refractivity contribution >= 4 is 5.91 Å². The van der Waals surface area contributed by atoms with E-state index in [-0.39, 0.29) is 13.2 Å². The van der Waals surface area contributed by atoms with E-state index in [0.717, 1.165) is 0 Å². The maximum atomic E-state index is 11.4. The summed E-state index contributed by atoms with van der Waals surface area (Å²) in [6.07, 6.45) is 1.90. The van der Waals surface area contributed by atoms with Crippen LogP contribution in [0, 0.1) is 0 Å². The van der Waals surface area contributed by atoms with Crippen molar-refractivity contribution in [3.8, 4) is 0 Å². The molecule has 0 aliphatic carbocycles. The van der Waals surface area contributed by atoms with Gasteiger partial charge in [-0.1, -0.05) is 6.08 Å². The Kier molecular flexibility index (Phi) is 5.37. The fourth-order valence-electron chi connectivity index (χ4n) is 0.806. The molecule has 0 aliphatic heterocycles. The normalized spacial score (nSPS) is 13.4. The second kappa shape index (κ2) is 5.74. The number of hydrogen-bond acceptors (Lipinski definition) is 4. The molecule has 1 atom stereocenters. The van der Waals surface area contributed by atoms with Crippen molar-refractivity contribution in [3.63, 3.8) is 0 Å². The molecule has 0 spiro atoms. The fourth-order valence-corrected chi connectivity index (χ4v) is 0.806. The second-order valence-electron chi connectivity index (χ2n) is 3.50. The third kappa shape index (κ3) is 3.87. The Morgan fingerprint density at radius 3 is 2.50 bits per heavy atom. The standard InChI is InChI=1S/C9H18N2O3/c1-3-4-7(10)8(14)11-9(2,5-12)6-13/h3,7,12-13H,1,4-6,10H2,2H3,(H,11,14). The highest BCUT2D eigenvalue weighted by atomic mass is 16.3. The molecule has 14 heavy (non-hydrogen) atoms. The van der Waals surface area contributed by atoms with E-state index < -0.39 is 17.5 Å². The average molecular weight is 202 g/mol. The van der Waals surface area contributed by atoms with Crippen molar-refractivity contribution in [2.24, 2.45) is 5.73 Å². The van der Waals surface area contributed by atoms with Gasteiger partial charge in [-0.25, -0.2) is 0 Å². The maximum absolute atomic E-state index is 11.4. The van der Waals surface area contributed by atoms with Crippen LogP contribution in [-0.4, -0.2) is 40.9 Å². The summed E-state index contributed by atoms with van der Waals surface area (Å²) in [6, 6.07) is -0.690. The van der Waals surface area contributed by atoms with E-state index >= 15 is 0 Å². The number of nitrogens with one attached hydrogen (secondary N) is 1. The minimum absolute atomic E-state index is 0.337. The number of carbonyl (C=O) groups excluding carboxylic acids is 1. The van der Waals surface area contributed by atoms with Crippen molar-refractivity contribution in [1.29, 1.82) is 0 Å². The van der Waals surface area contributed by atoms with Crippen LogP contribution in [0.2, 0.25) is 0 Å². The highest BCUT2D eigenvalue weighted by molar-refractivity contribution is 5.82. The predicted molar refractivity (Wildman–Crippen MR) is 53.5 cm³/mol. The van der Waals surface area contributed by atoms with Crippen LogP contribution in [0.25, 0.3) is 0 Å². The van der Waals surface area contributed by atoms with Gasteiger partial charge in [-0.05, 0) is 13.3 Å². The Morgan fingerprint density at radius 2 is 2.14 bits per heavy atom. The lowest BCUT2D eigenvalue weighted by atomic mass is 10.0. The number of amides is 1. The van der Waals surface area contributed by atoms with E-state index in [9.17, 15) is 4.79 Å². The largest absolute Gasteiger partial charge is 0.394 e. The summed E-state index contributed by atoms with van der Waals surface area (Å²) >= 11 is 0. The SMILES string of the molecule is C=CCC(N)C(=O)NC(C)(CO)CO. The highest BCUT2D eigenvalue weighted by Gasteiger charge is 2.26. The molecule has 0 aromatic rings.